The first-order chi connectivity index (χ1) is 11.2. The molecular formula is C17H19NO3S2. The number of ketones is 1. The Kier molecular flexibility index (Phi) is 7.45. The summed E-state index contributed by atoms with van der Waals surface area (Å²) in [5.74, 6) is 0.803. The van der Waals surface area contributed by atoms with Gasteiger partial charge < -0.3 is 9.47 Å². The van der Waals surface area contributed by atoms with E-state index < -0.39 is 0 Å². The van der Waals surface area contributed by atoms with Crippen LogP contribution in [0, 0.1) is 0 Å². The molecule has 0 bridgehead atoms. The number of Topliss-reactive ketones (excluding diaryl/α,β-unsaturated/α-hetero) is 1. The zero-order valence-electron chi connectivity index (χ0n) is 12.8. The second kappa shape index (κ2) is 9.60. The minimum Gasteiger partial charge on any atom is -0.491 e. The Morgan fingerprint density at radius 2 is 2.00 bits per heavy atom. The molecule has 0 aliphatic carbocycles. The molecule has 1 unspecified atom stereocenters. The number of nitrogens with zero attached hydrogens (tertiary/aromatic N) is 1. The highest BCUT2D eigenvalue weighted by Gasteiger charge is 2.11. The molecule has 0 radical (unpaired) electrons. The van der Waals surface area contributed by atoms with Crippen molar-refractivity contribution in [1.82, 2.24) is 4.98 Å². The summed E-state index contributed by atoms with van der Waals surface area (Å²) in [6, 6.07) is 11.7. The lowest BCUT2D eigenvalue weighted by Crippen LogP contribution is -2.20. The lowest BCUT2D eigenvalue weighted by Gasteiger charge is -2.09. The third kappa shape index (κ3) is 5.89. The fourth-order valence-corrected chi connectivity index (χ4v) is 2.38. The molecule has 0 N–H and O–H groups in total. The van der Waals surface area contributed by atoms with Gasteiger partial charge in [0.2, 0.25) is 0 Å². The summed E-state index contributed by atoms with van der Waals surface area (Å²) in [5, 5.41) is -0.153. The van der Waals surface area contributed by atoms with Crippen LogP contribution < -0.4 is 4.74 Å². The van der Waals surface area contributed by atoms with Crippen molar-refractivity contribution in [2.45, 2.75) is 12.2 Å². The van der Waals surface area contributed by atoms with Gasteiger partial charge in [-0.05, 0) is 36.2 Å². The Labute approximate surface area is 145 Å². The van der Waals surface area contributed by atoms with Gasteiger partial charge in [0, 0.05) is 12.4 Å². The molecule has 1 aromatic heterocycles. The monoisotopic (exact) mass is 349 g/mol. The third-order valence-corrected chi connectivity index (χ3v) is 4.73. The lowest BCUT2D eigenvalue weighted by atomic mass is 10.1. The molecule has 122 valence electrons. The van der Waals surface area contributed by atoms with Crippen LogP contribution in [0.1, 0.15) is 6.92 Å². The van der Waals surface area contributed by atoms with Gasteiger partial charge in [0.05, 0.1) is 11.9 Å². The molecule has 0 spiro atoms. The van der Waals surface area contributed by atoms with Gasteiger partial charge in [0.25, 0.3) is 0 Å². The van der Waals surface area contributed by atoms with Crippen LogP contribution in [0.4, 0.5) is 0 Å². The highest BCUT2D eigenvalue weighted by molar-refractivity contribution is 8.69. The molecule has 6 heteroatoms. The van der Waals surface area contributed by atoms with Crippen molar-refractivity contribution >= 4 is 28.2 Å². The predicted octanol–water partition coefficient (Wildman–Crippen LogP) is 3.68. The van der Waals surface area contributed by atoms with Crippen LogP contribution in [-0.4, -0.2) is 35.8 Å². The summed E-state index contributed by atoms with van der Waals surface area (Å²) < 4.78 is 10.9. The molecule has 2 aromatic rings. The molecule has 1 heterocycles. The quantitative estimate of drug-likeness (QED) is 0.425. The Morgan fingerprint density at radius 3 is 2.65 bits per heavy atom. The maximum Gasteiger partial charge on any atom is 0.171 e. The number of pyridine rings is 1. The summed E-state index contributed by atoms with van der Waals surface area (Å²) in [6.45, 7) is 2.68. The second-order valence-electron chi connectivity index (χ2n) is 4.88. The molecule has 2 rings (SSSR count). The molecule has 0 aliphatic rings. The van der Waals surface area contributed by atoms with Gasteiger partial charge in [0.1, 0.15) is 19.0 Å². The van der Waals surface area contributed by atoms with Crippen molar-refractivity contribution in [3.05, 3.63) is 48.8 Å². The fourth-order valence-electron chi connectivity index (χ4n) is 1.84. The number of carbonyl (C=O) groups excluding carboxylic acids is 1. The lowest BCUT2D eigenvalue weighted by molar-refractivity contribution is -0.122. The van der Waals surface area contributed by atoms with Crippen molar-refractivity contribution in [1.29, 1.82) is 0 Å². The Hall–Kier alpha value is -1.50. The van der Waals surface area contributed by atoms with E-state index in [4.69, 9.17) is 9.47 Å². The minimum absolute atomic E-state index is 0.0332. The van der Waals surface area contributed by atoms with Crippen LogP contribution in [0.3, 0.4) is 0 Å². The van der Waals surface area contributed by atoms with Crippen LogP contribution in [0.25, 0.3) is 11.1 Å². The van der Waals surface area contributed by atoms with E-state index in [-0.39, 0.29) is 17.6 Å². The SMILES string of the molecule is CC(SS)C(=O)COCCOc1ccc(-c2cccnc2)cc1. The van der Waals surface area contributed by atoms with Crippen molar-refractivity contribution in [2.75, 3.05) is 19.8 Å². The summed E-state index contributed by atoms with van der Waals surface area (Å²) >= 11 is 4.01. The second-order valence-corrected chi connectivity index (χ2v) is 6.43. The summed E-state index contributed by atoms with van der Waals surface area (Å²) in [7, 11) is 1.22. The van der Waals surface area contributed by atoms with Gasteiger partial charge in [0.15, 0.2) is 5.78 Å². The molecule has 23 heavy (non-hydrogen) atoms. The molecular weight excluding hydrogens is 330 g/mol. The van der Waals surface area contributed by atoms with Gasteiger partial charge in [-0.2, -0.15) is 0 Å². The minimum atomic E-state index is -0.153. The largest absolute Gasteiger partial charge is 0.491 e. The number of aromatic nitrogens is 1. The van der Waals surface area contributed by atoms with Gasteiger partial charge >= 0.3 is 0 Å². The zero-order valence-corrected chi connectivity index (χ0v) is 14.6. The van der Waals surface area contributed by atoms with Gasteiger partial charge in [-0.25, -0.2) is 0 Å². The van der Waals surface area contributed by atoms with Crippen LogP contribution >= 0.6 is 22.5 Å². The Morgan fingerprint density at radius 1 is 1.22 bits per heavy atom. The smallest absolute Gasteiger partial charge is 0.171 e. The average molecular weight is 349 g/mol. The molecule has 0 aliphatic heterocycles. The normalized spacial score (nSPS) is 11.9. The first-order valence-corrected chi connectivity index (χ1v) is 9.18. The first-order valence-electron chi connectivity index (χ1n) is 7.24. The predicted molar refractivity (Wildman–Crippen MR) is 97.0 cm³/mol. The van der Waals surface area contributed by atoms with E-state index in [2.05, 4.69) is 16.6 Å². The topological polar surface area (TPSA) is 48.4 Å². The van der Waals surface area contributed by atoms with E-state index in [1.165, 1.54) is 10.8 Å². The molecule has 4 nitrogen and oxygen atoms in total. The molecule has 1 atom stereocenters. The zero-order chi connectivity index (χ0) is 16.5. The van der Waals surface area contributed by atoms with E-state index in [1.807, 2.05) is 49.5 Å². The van der Waals surface area contributed by atoms with Gasteiger partial charge in [-0.3, -0.25) is 9.78 Å². The third-order valence-electron chi connectivity index (χ3n) is 3.20. The maximum atomic E-state index is 11.5. The molecule has 1 aromatic carbocycles. The van der Waals surface area contributed by atoms with E-state index in [1.54, 1.807) is 6.20 Å². The van der Waals surface area contributed by atoms with Crippen molar-refractivity contribution in [2.24, 2.45) is 0 Å². The van der Waals surface area contributed by atoms with Crippen molar-refractivity contribution in [3.63, 3.8) is 0 Å². The maximum absolute atomic E-state index is 11.5. The van der Waals surface area contributed by atoms with Crippen molar-refractivity contribution < 1.29 is 14.3 Å². The number of benzene rings is 1. The summed E-state index contributed by atoms with van der Waals surface area (Å²) in [5.41, 5.74) is 2.16. The van der Waals surface area contributed by atoms with Crippen LogP contribution in [0.2, 0.25) is 0 Å². The van der Waals surface area contributed by atoms with E-state index >= 15 is 0 Å². The molecule has 0 amide bonds. The van der Waals surface area contributed by atoms with E-state index in [0.29, 0.717) is 13.2 Å². The Balaban J connectivity index is 1.72. The summed E-state index contributed by atoms with van der Waals surface area (Å²) in [4.78, 5) is 15.6. The van der Waals surface area contributed by atoms with Crippen LogP contribution in [-0.2, 0) is 9.53 Å². The number of hydrogen-bond donors (Lipinski definition) is 1. The number of rotatable bonds is 9. The standard InChI is InChI=1S/C17H19NO3S2/c1-13(23-22)17(19)12-20-9-10-21-16-6-4-14(5-7-16)15-3-2-8-18-11-15/h2-8,11,13,22H,9-10,12H2,1H3. The highest BCUT2D eigenvalue weighted by Crippen LogP contribution is 2.21. The number of carbonyl (C=O) groups is 1. The molecule has 0 saturated carbocycles. The average Bonchev–Trinajstić information content (AvgIpc) is 2.61. The van der Waals surface area contributed by atoms with E-state index in [9.17, 15) is 4.79 Å². The molecule has 0 fully saturated rings. The van der Waals surface area contributed by atoms with Gasteiger partial charge in [-0.1, -0.05) is 29.0 Å². The number of thiol groups is 1. The number of ether oxygens (including phenoxy) is 2. The molecule has 0 saturated heterocycles. The van der Waals surface area contributed by atoms with Crippen molar-refractivity contribution in [3.8, 4) is 16.9 Å². The fraction of sp³-hybridized carbons (Fsp3) is 0.294. The van der Waals surface area contributed by atoms with Gasteiger partial charge in [-0.15, -0.1) is 11.7 Å². The first kappa shape index (κ1) is 17.8. The van der Waals surface area contributed by atoms with Crippen LogP contribution in [0.5, 0.6) is 5.75 Å². The van der Waals surface area contributed by atoms with Crippen LogP contribution in [0.15, 0.2) is 48.8 Å². The number of hydrogen-bond acceptors (Lipinski definition) is 6. The highest BCUT2D eigenvalue weighted by atomic mass is 33.1. The Bertz CT molecular complexity index is 605. The van der Waals surface area contributed by atoms with E-state index in [0.717, 1.165) is 16.9 Å². The summed E-state index contributed by atoms with van der Waals surface area (Å²) in [6.07, 6.45) is 3.58.